The van der Waals surface area contributed by atoms with E-state index in [-0.39, 0.29) is 32.3 Å². The van der Waals surface area contributed by atoms with E-state index in [9.17, 15) is 14.3 Å². The van der Waals surface area contributed by atoms with E-state index in [1.165, 1.54) is 148 Å². The van der Waals surface area contributed by atoms with Crippen LogP contribution in [-0.4, -0.2) is 49.9 Å². The fourth-order valence-corrected chi connectivity index (χ4v) is 7.53. The summed E-state index contributed by atoms with van der Waals surface area (Å²) in [5, 5.41) is 0. The van der Waals surface area contributed by atoms with Crippen LogP contribution in [0.25, 0.3) is 0 Å². The maximum Gasteiger partial charge on any atom is 0.472 e. The van der Waals surface area contributed by atoms with Crippen LogP contribution >= 0.6 is 7.82 Å². The molecule has 0 bridgehead atoms. The molecule has 0 spiro atoms. The van der Waals surface area contributed by atoms with Crippen LogP contribution < -0.4 is 5.73 Å². The molecule has 0 aromatic heterocycles. The summed E-state index contributed by atoms with van der Waals surface area (Å²) in [6.07, 6.45) is 53.1. The molecule has 0 aliphatic rings. The average Bonchev–Trinajstić information content (AvgIpc) is 3.20. The number of carbonyl (C=O) groups excluding carboxylic acids is 1. The summed E-state index contributed by atoms with van der Waals surface area (Å²) in [5.41, 5.74) is 5.38. The second-order valence-electron chi connectivity index (χ2n) is 16.0. The van der Waals surface area contributed by atoms with Gasteiger partial charge in [0.05, 0.1) is 19.8 Å². The monoisotopic (exact) mass is 826 g/mol. The number of ether oxygens (including phenoxy) is 2. The van der Waals surface area contributed by atoms with Gasteiger partial charge >= 0.3 is 13.8 Å². The van der Waals surface area contributed by atoms with Gasteiger partial charge in [-0.25, -0.2) is 4.57 Å². The van der Waals surface area contributed by atoms with Gasteiger partial charge < -0.3 is 20.1 Å². The van der Waals surface area contributed by atoms with Gasteiger partial charge in [-0.2, -0.15) is 0 Å². The third-order valence-electron chi connectivity index (χ3n) is 10.3. The number of phosphoric ester groups is 1. The minimum absolute atomic E-state index is 0.0972. The van der Waals surface area contributed by atoms with Crippen molar-refractivity contribution in [2.45, 2.75) is 232 Å². The molecule has 3 N–H and O–H groups in total. The van der Waals surface area contributed by atoms with Crippen LogP contribution in [0.4, 0.5) is 0 Å². The van der Waals surface area contributed by atoms with E-state index in [2.05, 4.69) is 50.3 Å². The molecule has 9 heteroatoms. The van der Waals surface area contributed by atoms with E-state index < -0.39 is 13.9 Å². The third-order valence-corrected chi connectivity index (χ3v) is 11.3. The summed E-state index contributed by atoms with van der Waals surface area (Å²) in [7, 11) is -4.28. The summed E-state index contributed by atoms with van der Waals surface area (Å²) in [6, 6.07) is 0. The minimum Gasteiger partial charge on any atom is -0.457 e. The Morgan fingerprint density at radius 2 is 0.930 bits per heavy atom. The zero-order valence-electron chi connectivity index (χ0n) is 37.3. The van der Waals surface area contributed by atoms with E-state index in [1.807, 2.05) is 0 Å². The molecular weight excluding hydrogens is 734 g/mol. The molecular formula is C48H92NO7P. The SMILES string of the molecule is CCCCC/C=C\C/C=C\C/C=C\CCCCCCCCC(=O)OC(COCCCCCCCCCCCCCCCCCCCCC)COP(=O)(O)OCCN. The average molecular weight is 826 g/mol. The lowest BCUT2D eigenvalue weighted by Gasteiger charge is -2.20. The molecule has 0 amide bonds. The Labute approximate surface area is 352 Å². The molecule has 0 rings (SSSR count). The van der Waals surface area contributed by atoms with Gasteiger partial charge in [0.2, 0.25) is 0 Å². The Balaban J connectivity index is 3.99. The Bertz CT molecular complexity index is 972. The van der Waals surface area contributed by atoms with E-state index >= 15 is 0 Å². The quantitative estimate of drug-likeness (QED) is 0.0270. The van der Waals surface area contributed by atoms with E-state index in [4.69, 9.17) is 24.3 Å². The summed E-state index contributed by atoms with van der Waals surface area (Å²) in [6.45, 7) is 4.92. The van der Waals surface area contributed by atoms with Crippen LogP contribution in [0.5, 0.6) is 0 Å². The lowest BCUT2D eigenvalue weighted by molar-refractivity contribution is -0.154. The Hall–Kier alpha value is -1.28. The van der Waals surface area contributed by atoms with Crippen LogP contribution in [0.15, 0.2) is 36.5 Å². The Morgan fingerprint density at radius 1 is 0.526 bits per heavy atom. The number of nitrogens with two attached hydrogens (primary N) is 1. The fourth-order valence-electron chi connectivity index (χ4n) is 6.77. The van der Waals surface area contributed by atoms with Crippen molar-refractivity contribution in [3.63, 3.8) is 0 Å². The first-order chi connectivity index (χ1) is 27.9. The molecule has 2 unspecified atom stereocenters. The zero-order valence-corrected chi connectivity index (χ0v) is 38.2. The predicted octanol–water partition coefficient (Wildman–Crippen LogP) is 14.6. The summed E-state index contributed by atoms with van der Waals surface area (Å²) < 4.78 is 33.5. The Morgan fingerprint density at radius 3 is 1.42 bits per heavy atom. The van der Waals surface area contributed by atoms with E-state index in [1.54, 1.807) is 0 Å². The highest BCUT2D eigenvalue weighted by Crippen LogP contribution is 2.43. The molecule has 0 aromatic rings. The van der Waals surface area contributed by atoms with Gasteiger partial charge in [0.15, 0.2) is 0 Å². The van der Waals surface area contributed by atoms with Crippen LogP contribution in [0.2, 0.25) is 0 Å². The van der Waals surface area contributed by atoms with Crippen molar-refractivity contribution in [3.8, 4) is 0 Å². The molecule has 0 saturated carbocycles. The molecule has 8 nitrogen and oxygen atoms in total. The summed E-state index contributed by atoms with van der Waals surface area (Å²) >= 11 is 0. The topological polar surface area (TPSA) is 117 Å². The maximum atomic E-state index is 12.6. The number of unbranched alkanes of at least 4 members (excludes halogenated alkanes) is 27. The molecule has 0 aliphatic heterocycles. The summed E-state index contributed by atoms with van der Waals surface area (Å²) in [5.74, 6) is -0.339. The van der Waals surface area contributed by atoms with Crippen molar-refractivity contribution in [1.82, 2.24) is 0 Å². The molecule has 2 atom stereocenters. The molecule has 0 heterocycles. The molecule has 0 aromatic carbocycles. The maximum absolute atomic E-state index is 12.6. The zero-order chi connectivity index (χ0) is 41.6. The standard InChI is InChI=1S/C48H92NO7P/c1-3-5-7-9-11-13-15-17-19-21-23-25-27-29-31-33-35-37-39-41-48(50)56-47(46-55-57(51,52)54-44-42-49)45-53-43-40-38-36-34-32-30-28-26-24-22-20-18-16-14-12-10-8-6-4-2/h11,13,17,19,23,25,47H,3-10,12,14-16,18,20-22,24,26-46,49H2,1-2H3,(H,51,52)/b13-11-,19-17-,25-23-. The van der Waals surface area contributed by atoms with Crippen LogP contribution in [0, 0.1) is 0 Å². The second-order valence-corrected chi connectivity index (χ2v) is 17.4. The largest absolute Gasteiger partial charge is 0.472 e. The molecule has 0 aliphatic carbocycles. The van der Waals surface area contributed by atoms with Gasteiger partial charge in [-0.3, -0.25) is 13.8 Å². The minimum atomic E-state index is -4.28. The summed E-state index contributed by atoms with van der Waals surface area (Å²) in [4.78, 5) is 22.5. The number of phosphoric acid groups is 1. The molecule has 0 fully saturated rings. The number of hydrogen-bond donors (Lipinski definition) is 2. The molecule has 57 heavy (non-hydrogen) atoms. The van der Waals surface area contributed by atoms with Gasteiger partial charge in [0, 0.05) is 19.6 Å². The van der Waals surface area contributed by atoms with Gasteiger partial charge in [-0.1, -0.05) is 204 Å². The van der Waals surface area contributed by atoms with Crippen LogP contribution in [0.1, 0.15) is 226 Å². The van der Waals surface area contributed by atoms with Gasteiger partial charge in [-0.15, -0.1) is 0 Å². The molecule has 0 radical (unpaired) electrons. The highest BCUT2D eigenvalue weighted by Gasteiger charge is 2.25. The highest BCUT2D eigenvalue weighted by molar-refractivity contribution is 7.47. The second kappa shape index (κ2) is 45.8. The van der Waals surface area contributed by atoms with Crippen molar-refractivity contribution < 1.29 is 32.8 Å². The number of esters is 1. The first kappa shape index (κ1) is 55.7. The number of allylic oxidation sites excluding steroid dienone is 6. The normalized spacial score (nSPS) is 13.7. The van der Waals surface area contributed by atoms with E-state index in [0.29, 0.717) is 13.0 Å². The smallest absolute Gasteiger partial charge is 0.457 e. The predicted molar refractivity (Wildman–Crippen MR) is 243 cm³/mol. The van der Waals surface area contributed by atoms with Crippen molar-refractivity contribution in [1.29, 1.82) is 0 Å². The lowest BCUT2D eigenvalue weighted by Crippen LogP contribution is -2.28. The molecule has 0 saturated heterocycles. The lowest BCUT2D eigenvalue weighted by atomic mass is 10.0. The van der Waals surface area contributed by atoms with E-state index in [0.717, 1.165) is 57.8 Å². The first-order valence-corrected chi connectivity index (χ1v) is 25.5. The number of carbonyl (C=O) groups is 1. The van der Waals surface area contributed by atoms with Crippen molar-refractivity contribution in [3.05, 3.63) is 36.5 Å². The van der Waals surface area contributed by atoms with Crippen LogP contribution in [-0.2, 0) is 27.9 Å². The Kier molecular flexibility index (Phi) is 44.8. The molecule has 336 valence electrons. The van der Waals surface area contributed by atoms with Crippen molar-refractivity contribution in [2.24, 2.45) is 5.73 Å². The number of rotatable bonds is 46. The first-order valence-electron chi connectivity index (χ1n) is 24.0. The van der Waals surface area contributed by atoms with Gasteiger partial charge in [-0.05, 0) is 51.4 Å². The van der Waals surface area contributed by atoms with Gasteiger partial charge in [0.1, 0.15) is 6.10 Å². The third kappa shape index (κ3) is 45.7. The van der Waals surface area contributed by atoms with Crippen molar-refractivity contribution in [2.75, 3.05) is 33.0 Å². The van der Waals surface area contributed by atoms with Gasteiger partial charge in [0.25, 0.3) is 0 Å². The number of hydrogen-bond acceptors (Lipinski definition) is 7. The fraction of sp³-hybridized carbons (Fsp3) is 0.854. The van der Waals surface area contributed by atoms with Crippen molar-refractivity contribution >= 4 is 13.8 Å². The highest BCUT2D eigenvalue weighted by atomic mass is 31.2. The van der Waals surface area contributed by atoms with Crippen LogP contribution in [0.3, 0.4) is 0 Å².